The van der Waals surface area contributed by atoms with Crippen molar-refractivity contribution in [2.45, 2.75) is 32.4 Å². The monoisotopic (exact) mass is 226 g/mol. The molecule has 1 heterocycles. The molecule has 0 spiro atoms. The molecule has 1 aromatic rings. The number of carboxylic acids is 1. The van der Waals surface area contributed by atoms with E-state index in [9.17, 15) is 9.59 Å². The molecule has 1 amide bonds. The van der Waals surface area contributed by atoms with Crippen LogP contribution in [-0.2, 0) is 16.1 Å². The number of amides is 1. The Morgan fingerprint density at radius 2 is 2.31 bits per heavy atom. The standard InChI is InChI=1S/C9H14N4O3/c1-2-7(9(15)16)11-8(14)3-5-13-6-4-10-12-13/h4,6-7H,2-3,5H2,1H3,(H,11,14)(H,15,16). The molecule has 0 aliphatic carbocycles. The molecule has 0 saturated heterocycles. The maximum absolute atomic E-state index is 11.4. The average Bonchev–Trinajstić information content (AvgIpc) is 2.75. The molecular formula is C9H14N4O3. The molecular weight excluding hydrogens is 212 g/mol. The molecule has 0 aromatic carbocycles. The summed E-state index contributed by atoms with van der Waals surface area (Å²) in [6.07, 6.45) is 3.71. The highest BCUT2D eigenvalue weighted by Gasteiger charge is 2.16. The number of carbonyl (C=O) groups excluding carboxylic acids is 1. The summed E-state index contributed by atoms with van der Waals surface area (Å²) in [6, 6.07) is -0.816. The second-order valence-electron chi connectivity index (χ2n) is 3.28. The smallest absolute Gasteiger partial charge is 0.326 e. The van der Waals surface area contributed by atoms with Crippen LogP contribution < -0.4 is 5.32 Å². The van der Waals surface area contributed by atoms with Gasteiger partial charge in [0.2, 0.25) is 5.91 Å². The summed E-state index contributed by atoms with van der Waals surface area (Å²) in [5.41, 5.74) is 0. The summed E-state index contributed by atoms with van der Waals surface area (Å²) in [4.78, 5) is 22.0. The van der Waals surface area contributed by atoms with Gasteiger partial charge in [0.05, 0.1) is 12.7 Å². The van der Waals surface area contributed by atoms with E-state index in [0.717, 1.165) is 0 Å². The second kappa shape index (κ2) is 5.84. The van der Waals surface area contributed by atoms with Gasteiger partial charge < -0.3 is 10.4 Å². The van der Waals surface area contributed by atoms with Crippen LogP contribution in [0.4, 0.5) is 0 Å². The molecule has 7 heteroatoms. The summed E-state index contributed by atoms with van der Waals surface area (Å²) >= 11 is 0. The van der Waals surface area contributed by atoms with E-state index in [-0.39, 0.29) is 12.3 Å². The first-order valence-electron chi connectivity index (χ1n) is 4.99. The van der Waals surface area contributed by atoms with Gasteiger partial charge in [0.15, 0.2) is 0 Å². The van der Waals surface area contributed by atoms with Crippen LogP contribution in [0.15, 0.2) is 12.4 Å². The molecule has 0 radical (unpaired) electrons. The lowest BCUT2D eigenvalue weighted by Gasteiger charge is -2.11. The Balaban J connectivity index is 2.33. The van der Waals surface area contributed by atoms with Crippen molar-refractivity contribution in [3.63, 3.8) is 0 Å². The minimum atomic E-state index is -1.02. The number of carboxylic acid groups (broad SMARTS) is 1. The number of rotatable bonds is 6. The molecule has 0 bridgehead atoms. The van der Waals surface area contributed by atoms with E-state index in [1.54, 1.807) is 13.1 Å². The van der Waals surface area contributed by atoms with Crippen LogP contribution in [0.25, 0.3) is 0 Å². The molecule has 88 valence electrons. The first-order chi connectivity index (χ1) is 7.63. The number of aromatic nitrogens is 3. The number of nitrogens with one attached hydrogen (secondary N) is 1. The Hall–Kier alpha value is -1.92. The van der Waals surface area contributed by atoms with E-state index >= 15 is 0 Å². The molecule has 0 fully saturated rings. The lowest BCUT2D eigenvalue weighted by molar-refractivity contribution is -0.141. The minimum Gasteiger partial charge on any atom is -0.480 e. The molecule has 1 atom stereocenters. The van der Waals surface area contributed by atoms with Crippen LogP contribution in [0.1, 0.15) is 19.8 Å². The largest absolute Gasteiger partial charge is 0.480 e. The van der Waals surface area contributed by atoms with Crippen LogP contribution in [0.3, 0.4) is 0 Å². The fourth-order valence-corrected chi connectivity index (χ4v) is 1.17. The maximum atomic E-state index is 11.4. The first kappa shape index (κ1) is 12.2. The van der Waals surface area contributed by atoms with Crippen molar-refractivity contribution in [1.82, 2.24) is 20.3 Å². The number of nitrogens with zero attached hydrogens (tertiary/aromatic N) is 3. The van der Waals surface area contributed by atoms with Crippen molar-refractivity contribution in [2.75, 3.05) is 0 Å². The van der Waals surface area contributed by atoms with Gasteiger partial charge in [-0.2, -0.15) is 0 Å². The fourth-order valence-electron chi connectivity index (χ4n) is 1.17. The Bertz CT molecular complexity index is 350. The van der Waals surface area contributed by atoms with Crippen LogP contribution in [0, 0.1) is 0 Å². The molecule has 7 nitrogen and oxygen atoms in total. The van der Waals surface area contributed by atoms with Gasteiger partial charge in [-0.15, -0.1) is 5.10 Å². The van der Waals surface area contributed by atoms with Gasteiger partial charge in [0, 0.05) is 12.6 Å². The van der Waals surface area contributed by atoms with Gasteiger partial charge in [-0.25, -0.2) is 4.79 Å². The van der Waals surface area contributed by atoms with Crippen LogP contribution >= 0.6 is 0 Å². The third-order valence-corrected chi connectivity index (χ3v) is 2.08. The molecule has 2 N–H and O–H groups in total. The predicted molar refractivity (Wildman–Crippen MR) is 54.5 cm³/mol. The van der Waals surface area contributed by atoms with Crippen molar-refractivity contribution in [1.29, 1.82) is 0 Å². The SMILES string of the molecule is CCC(NC(=O)CCn1ccnn1)C(=O)O. The first-order valence-corrected chi connectivity index (χ1v) is 4.99. The number of hydrogen-bond donors (Lipinski definition) is 2. The fraction of sp³-hybridized carbons (Fsp3) is 0.556. The molecule has 0 aliphatic rings. The quantitative estimate of drug-likeness (QED) is 0.690. The highest BCUT2D eigenvalue weighted by atomic mass is 16.4. The van der Waals surface area contributed by atoms with E-state index in [1.165, 1.54) is 10.9 Å². The number of hydrogen-bond acceptors (Lipinski definition) is 4. The second-order valence-corrected chi connectivity index (χ2v) is 3.28. The summed E-state index contributed by atoms with van der Waals surface area (Å²) in [7, 11) is 0. The summed E-state index contributed by atoms with van der Waals surface area (Å²) in [6.45, 7) is 2.10. The topological polar surface area (TPSA) is 97.1 Å². The molecule has 0 saturated carbocycles. The Kier molecular flexibility index (Phi) is 4.43. The molecule has 1 aromatic heterocycles. The summed E-state index contributed by atoms with van der Waals surface area (Å²) in [5.74, 6) is -1.32. The molecule has 16 heavy (non-hydrogen) atoms. The van der Waals surface area contributed by atoms with E-state index in [0.29, 0.717) is 13.0 Å². The molecule has 0 aliphatic heterocycles. The number of carbonyl (C=O) groups is 2. The lowest BCUT2D eigenvalue weighted by atomic mass is 10.2. The van der Waals surface area contributed by atoms with Crippen molar-refractivity contribution < 1.29 is 14.7 Å². The highest BCUT2D eigenvalue weighted by molar-refractivity contribution is 5.83. The average molecular weight is 226 g/mol. The van der Waals surface area contributed by atoms with Gasteiger partial charge >= 0.3 is 5.97 Å². The van der Waals surface area contributed by atoms with E-state index < -0.39 is 12.0 Å². The zero-order valence-corrected chi connectivity index (χ0v) is 8.96. The molecule has 1 rings (SSSR count). The van der Waals surface area contributed by atoms with Gasteiger partial charge in [-0.05, 0) is 6.42 Å². The molecule has 1 unspecified atom stereocenters. The highest BCUT2D eigenvalue weighted by Crippen LogP contribution is 1.94. The van der Waals surface area contributed by atoms with Crippen molar-refractivity contribution in [3.8, 4) is 0 Å². The lowest BCUT2D eigenvalue weighted by Crippen LogP contribution is -2.40. The van der Waals surface area contributed by atoms with Gasteiger partial charge in [-0.3, -0.25) is 9.48 Å². The third-order valence-electron chi connectivity index (χ3n) is 2.08. The predicted octanol–water partition coefficient (Wildman–Crippen LogP) is -0.352. The van der Waals surface area contributed by atoms with Crippen LogP contribution in [0.2, 0.25) is 0 Å². The van der Waals surface area contributed by atoms with E-state index in [2.05, 4.69) is 15.6 Å². The van der Waals surface area contributed by atoms with Crippen molar-refractivity contribution in [3.05, 3.63) is 12.4 Å². The summed E-state index contributed by atoms with van der Waals surface area (Å²) in [5, 5.41) is 18.4. The van der Waals surface area contributed by atoms with E-state index in [1.807, 2.05) is 0 Å². The van der Waals surface area contributed by atoms with Gasteiger partial charge in [0.25, 0.3) is 0 Å². The normalized spacial score (nSPS) is 12.1. The van der Waals surface area contributed by atoms with Gasteiger partial charge in [-0.1, -0.05) is 12.1 Å². The number of aryl methyl sites for hydroxylation is 1. The van der Waals surface area contributed by atoms with E-state index in [4.69, 9.17) is 5.11 Å². The third kappa shape index (κ3) is 3.68. The van der Waals surface area contributed by atoms with Gasteiger partial charge in [0.1, 0.15) is 6.04 Å². The van der Waals surface area contributed by atoms with Crippen LogP contribution in [-0.4, -0.2) is 38.0 Å². The Labute approximate surface area is 92.4 Å². The summed E-state index contributed by atoms with van der Waals surface area (Å²) < 4.78 is 1.52. The maximum Gasteiger partial charge on any atom is 0.326 e. The zero-order chi connectivity index (χ0) is 12.0. The zero-order valence-electron chi connectivity index (χ0n) is 8.96. The van der Waals surface area contributed by atoms with Crippen molar-refractivity contribution in [2.24, 2.45) is 0 Å². The van der Waals surface area contributed by atoms with Crippen LogP contribution in [0.5, 0.6) is 0 Å². The minimum absolute atomic E-state index is 0.188. The Morgan fingerprint density at radius 3 is 2.81 bits per heavy atom. The Morgan fingerprint density at radius 1 is 1.56 bits per heavy atom. The van der Waals surface area contributed by atoms with Crippen molar-refractivity contribution >= 4 is 11.9 Å². The number of aliphatic carboxylic acids is 1.